The summed E-state index contributed by atoms with van der Waals surface area (Å²) in [5.41, 5.74) is 1.38. The maximum absolute atomic E-state index is 12.5. The average Bonchev–Trinajstić information content (AvgIpc) is 2.76. The number of amides is 1. The Labute approximate surface area is 125 Å². The lowest BCUT2D eigenvalue weighted by atomic mass is 10.1. The first-order valence-electron chi connectivity index (χ1n) is 6.49. The Bertz CT molecular complexity index is 491. The Morgan fingerprint density at radius 1 is 1.53 bits per heavy atom. The van der Waals surface area contributed by atoms with E-state index in [-0.39, 0.29) is 12.0 Å². The summed E-state index contributed by atoms with van der Waals surface area (Å²) in [6, 6.07) is 2.17. The molecule has 19 heavy (non-hydrogen) atoms. The van der Waals surface area contributed by atoms with Crippen LogP contribution in [-0.4, -0.2) is 55.1 Å². The molecule has 0 aromatic carbocycles. The van der Waals surface area contributed by atoms with E-state index in [1.54, 1.807) is 11.3 Å². The number of hydrogen-bond donors (Lipinski definition) is 0. The number of fused-ring (bicyclic) bond motifs is 1. The Balaban J connectivity index is 1.68. The number of carbonyl (C=O) groups excluding carboxylic acids is 1. The Morgan fingerprint density at radius 3 is 3.16 bits per heavy atom. The molecule has 0 unspecified atom stereocenters. The van der Waals surface area contributed by atoms with Gasteiger partial charge in [0.25, 0.3) is 5.91 Å². The van der Waals surface area contributed by atoms with Crippen molar-refractivity contribution in [1.29, 1.82) is 0 Å². The van der Waals surface area contributed by atoms with Crippen molar-refractivity contribution < 1.29 is 9.53 Å². The van der Waals surface area contributed by atoms with E-state index in [1.165, 1.54) is 10.4 Å². The van der Waals surface area contributed by atoms with Crippen LogP contribution >= 0.6 is 27.3 Å². The lowest BCUT2D eigenvalue weighted by molar-refractivity contribution is -0.149. The second kappa shape index (κ2) is 5.52. The second-order valence-electron chi connectivity index (χ2n) is 5.13. The first kappa shape index (κ1) is 13.5. The zero-order chi connectivity index (χ0) is 13.4. The molecule has 0 bridgehead atoms. The van der Waals surface area contributed by atoms with Crippen LogP contribution in [0.15, 0.2) is 9.85 Å². The summed E-state index contributed by atoms with van der Waals surface area (Å²) in [6.07, 6.45) is 0.662. The molecule has 1 fully saturated rings. The molecule has 3 heterocycles. The number of carbonyl (C=O) groups is 1. The van der Waals surface area contributed by atoms with E-state index in [9.17, 15) is 4.79 Å². The summed E-state index contributed by atoms with van der Waals surface area (Å²) in [4.78, 5) is 17.9. The maximum Gasteiger partial charge on any atom is 0.253 e. The highest BCUT2D eigenvalue weighted by Crippen LogP contribution is 2.31. The molecule has 0 spiro atoms. The molecule has 0 N–H and O–H groups in total. The van der Waals surface area contributed by atoms with Gasteiger partial charge in [-0.15, -0.1) is 11.3 Å². The zero-order valence-electron chi connectivity index (χ0n) is 10.9. The number of halogens is 1. The molecule has 1 aromatic heterocycles. The summed E-state index contributed by atoms with van der Waals surface area (Å²) < 4.78 is 6.77. The van der Waals surface area contributed by atoms with E-state index in [4.69, 9.17) is 4.74 Å². The van der Waals surface area contributed by atoms with Crippen LogP contribution in [0.3, 0.4) is 0 Å². The maximum atomic E-state index is 12.5. The Kier molecular flexibility index (Phi) is 3.93. The number of hydrogen-bond acceptors (Lipinski definition) is 4. The summed E-state index contributed by atoms with van der Waals surface area (Å²) in [5, 5.41) is 0. The van der Waals surface area contributed by atoms with E-state index >= 15 is 0 Å². The van der Waals surface area contributed by atoms with Gasteiger partial charge in [0.1, 0.15) is 6.10 Å². The first-order valence-corrected chi connectivity index (χ1v) is 8.10. The average molecular weight is 345 g/mol. The SMILES string of the molecule is CN1CCO[C@@H](C(=O)N2CCc3cc(Br)sc3C2)C1. The molecule has 4 nitrogen and oxygen atoms in total. The van der Waals surface area contributed by atoms with E-state index in [2.05, 4.69) is 26.9 Å². The van der Waals surface area contributed by atoms with E-state index in [1.807, 2.05) is 11.9 Å². The first-order chi connectivity index (χ1) is 9.13. The van der Waals surface area contributed by atoms with Crippen molar-refractivity contribution >= 4 is 33.2 Å². The van der Waals surface area contributed by atoms with Gasteiger partial charge in [-0.25, -0.2) is 0 Å². The number of ether oxygens (including phenoxy) is 1. The summed E-state index contributed by atoms with van der Waals surface area (Å²) in [7, 11) is 2.04. The van der Waals surface area contributed by atoms with Crippen LogP contribution in [0.1, 0.15) is 10.4 Å². The van der Waals surface area contributed by atoms with E-state index in [0.29, 0.717) is 13.2 Å². The van der Waals surface area contributed by atoms with Gasteiger partial charge in [0.15, 0.2) is 0 Å². The van der Waals surface area contributed by atoms with Crippen molar-refractivity contribution in [2.24, 2.45) is 0 Å². The molecule has 1 aromatic rings. The molecule has 6 heteroatoms. The summed E-state index contributed by atoms with van der Waals surface area (Å²) in [5.74, 6) is 0.140. The van der Waals surface area contributed by atoms with Crippen molar-refractivity contribution in [2.75, 3.05) is 33.3 Å². The molecule has 0 aliphatic carbocycles. The molecule has 3 rings (SSSR count). The highest BCUT2D eigenvalue weighted by molar-refractivity contribution is 9.11. The zero-order valence-corrected chi connectivity index (χ0v) is 13.3. The topological polar surface area (TPSA) is 32.8 Å². The molecule has 2 aliphatic rings. The van der Waals surface area contributed by atoms with Crippen LogP contribution in [0, 0.1) is 0 Å². The predicted octanol–water partition coefficient (Wildman–Crippen LogP) is 1.73. The standard InChI is InChI=1S/C13H17BrN2O2S/c1-15-4-5-18-10(7-15)13(17)16-3-2-9-6-12(14)19-11(9)8-16/h6,10H,2-5,7-8H2,1H3/t10-/m1/s1. The van der Waals surface area contributed by atoms with E-state index in [0.717, 1.165) is 29.8 Å². The number of morpholine rings is 1. The highest BCUT2D eigenvalue weighted by atomic mass is 79.9. The molecule has 1 atom stereocenters. The third-order valence-electron chi connectivity index (χ3n) is 3.71. The van der Waals surface area contributed by atoms with Crippen LogP contribution in [0.25, 0.3) is 0 Å². The van der Waals surface area contributed by atoms with Gasteiger partial charge in [0.2, 0.25) is 0 Å². The summed E-state index contributed by atoms with van der Waals surface area (Å²) >= 11 is 5.25. The van der Waals surface area contributed by atoms with Crippen LogP contribution < -0.4 is 0 Å². The fraction of sp³-hybridized carbons (Fsp3) is 0.615. The molecule has 2 aliphatic heterocycles. The van der Waals surface area contributed by atoms with Gasteiger partial charge in [-0.2, -0.15) is 0 Å². The van der Waals surface area contributed by atoms with Gasteiger partial charge in [-0.3, -0.25) is 4.79 Å². The second-order valence-corrected chi connectivity index (χ2v) is 7.65. The largest absolute Gasteiger partial charge is 0.366 e. The molecular weight excluding hydrogens is 328 g/mol. The quantitative estimate of drug-likeness (QED) is 0.777. The van der Waals surface area contributed by atoms with Crippen LogP contribution in [0.4, 0.5) is 0 Å². The number of rotatable bonds is 1. The number of thiophene rings is 1. The third kappa shape index (κ3) is 2.86. The third-order valence-corrected chi connectivity index (χ3v) is 5.37. The fourth-order valence-electron chi connectivity index (χ4n) is 2.60. The monoisotopic (exact) mass is 344 g/mol. The van der Waals surface area contributed by atoms with Gasteiger partial charge >= 0.3 is 0 Å². The van der Waals surface area contributed by atoms with Crippen LogP contribution in [0.5, 0.6) is 0 Å². The minimum Gasteiger partial charge on any atom is -0.366 e. The van der Waals surface area contributed by atoms with Crippen molar-refractivity contribution in [3.8, 4) is 0 Å². The highest BCUT2D eigenvalue weighted by Gasteiger charge is 2.31. The smallest absolute Gasteiger partial charge is 0.253 e. The minimum atomic E-state index is -0.288. The Hall–Kier alpha value is -0.430. The number of nitrogens with zero attached hydrogens (tertiary/aromatic N) is 2. The molecular formula is C13H17BrN2O2S. The van der Waals surface area contributed by atoms with Gasteiger partial charge < -0.3 is 14.5 Å². The number of likely N-dealkylation sites (N-methyl/N-ethyl adjacent to an activating group) is 1. The minimum absolute atomic E-state index is 0.140. The molecule has 104 valence electrons. The lowest BCUT2D eigenvalue weighted by Gasteiger charge is -2.34. The van der Waals surface area contributed by atoms with Crippen molar-refractivity contribution in [3.63, 3.8) is 0 Å². The molecule has 0 radical (unpaired) electrons. The molecule has 1 saturated heterocycles. The van der Waals surface area contributed by atoms with Gasteiger partial charge in [-0.05, 0) is 41.0 Å². The van der Waals surface area contributed by atoms with E-state index < -0.39 is 0 Å². The van der Waals surface area contributed by atoms with Crippen molar-refractivity contribution in [2.45, 2.75) is 19.1 Å². The van der Waals surface area contributed by atoms with Crippen LogP contribution in [-0.2, 0) is 22.5 Å². The van der Waals surface area contributed by atoms with Gasteiger partial charge in [0.05, 0.1) is 16.9 Å². The molecule has 1 amide bonds. The van der Waals surface area contributed by atoms with Crippen molar-refractivity contribution in [1.82, 2.24) is 9.80 Å². The summed E-state index contributed by atoms with van der Waals surface area (Å²) in [6.45, 7) is 3.80. The lowest BCUT2D eigenvalue weighted by Crippen LogP contribution is -2.50. The fourth-order valence-corrected chi connectivity index (χ4v) is 4.41. The molecule has 0 saturated carbocycles. The predicted molar refractivity (Wildman–Crippen MR) is 78.4 cm³/mol. The Morgan fingerprint density at radius 2 is 2.37 bits per heavy atom. The van der Waals surface area contributed by atoms with Crippen molar-refractivity contribution in [3.05, 3.63) is 20.3 Å². The normalized spacial score (nSPS) is 24.3. The van der Waals surface area contributed by atoms with Crippen LogP contribution in [0.2, 0.25) is 0 Å². The van der Waals surface area contributed by atoms with Gasteiger partial charge in [-0.1, -0.05) is 0 Å². The van der Waals surface area contributed by atoms with Gasteiger partial charge in [0, 0.05) is 24.5 Å².